The molecule has 1 heterocycles. The van der Waals surface area contributed by atoms with Gasteiger partial charge in [0.15, 0.2) is 0 Å². The summed E-state index contributed by atoms with van der Waals surface area (Å²) in [6, 6.07) is 0.659. The Bertz CT molecular complexity index is 179. The van der Waals surface area contributed by atoms with Crippen molar-refractivity contribution >= 4 is 0 Å². The second-order valence-electron chi connectivity index (χ2n) is 5.33. The zero-order valence-corrected chi connectivity index (χ0v) is 11.9. The van der Waals surface area contributed by atoms with Crippen LogP contribution in [0.1, 0.15) is 40.0 Å². The van der Waals surface area contributed by atoms with Gasteiger partial charge in [-0.2, -0.15) is 0 Å². The first-order chi connectivity index (χ1) is 8.24. The molecule has 0 unspecified atom stereocenters. The minimum absolute atomic E-state index is 0.659. The Morgan fingerprint density at radius 1 is 1.29 bits per heavy atom. The van der Waals surface area contributed by atoms with Crippen molar-refractivity contribution in [2.45, 2.75) is 46.1 Å². The molecule has 1 rings (SSSR count). The third-order valence-electron chi connectivity index (χ3n) is 3.62. The number of hydrogen-bond donors (Lipinski definition) is 1. The van der Waals surface area contributed by atoms with E-state index < -0.39 is 0 Å². The van der Waals surface area contributed by atoms with E-state index in [2.05, 4.69) is 31.0 Å². The first kappa shape index (κ1) is 14.9. The topological polar surface area (TPSA) is 24.5 Å². The van der Waals surface area contributed by atoms with E-state index in [9.17, 15) is 0 Å². The molecule has 0 bridgehead atoms. The lowest BCUT2D eigenvalue weighted by Gasteiger charge is -2.32. The fourth-order valence-electron chi connectivity index (χ4n) is 2.47. The molecule has 17 heavy (non-hydrogen) atoms. The van der Waals surface area contributed by atoms with Crippen LogP contribution in [0.5, 0.6) is 0 Å². The molecule has 1 saturated heterocycles. The molecule has 0 aromatic carbocycles. The van der Waals surface area contributed by atoms with E-state index in [1.807, 2.05) is 0 Å². The maximum atomic E-state index is 5.42. The molecular weight excluding hydrogens is 212 g/mol. The average Bonchev–Trinajstić information content (AvgIpc) is 2.34. The molecule has 3 heteroatoms. The van der Waals surface area contributed by atoms with Crippen molar-refractivity contribution in [3.05, 3.63) is 0 Å². The van der Waals surface area contributed by atoms with E-state index in [0.29, 0.717) is 6.04 Å². The number of ether oxygens (including phenoxy) is 1. The van der Waals surface area contributed by atoms with Gasteiger partial charge in [-0.1, -0.05) is 0 Å². The Balaban J connectivity index is 2.21. The van der Waals surface area contributed by atoms with E-state index in [-0.39, 0.29) is 0 Å². The highest BCUT2D eigenvalue weighted by Crippen LogP contribution is 2.15. The van der Waals surface area contributed by atoms with Crippen LogP contribution in [-0.4, -0.2) is 50.3 Å². The summed E-state index contributed by atoms with van der Waals surface area (Å²) in [5.74, 6) is 0.894. The second kappa shape index (κ2) is 8.90. The molecule has 0 amide bonds. The summed E-state index contributed by atoms with van der Waals surface area (Å²) in [5, 5.41) is 3.44. The molecule has 3 nitrogen and oxygen atoms in total. The number of nitrogens with one attached hydrogen (secondary N) is 1. The lowest BCUT2D eigenvalue weighted by Crippen LogP contribution is -2.40. The predicted molar refractivity (Wildman–Crippen MR) is 73.4 cm³/mol. The van der Waals surface area contributed by atoms with Crippen molar-refractivity contribution in [3.63, 3.8) is 0 Å². The van der Waals surface area contributed by atoms with Gasteiger partial charge in [-0.05, 0) is 59.0 Å². The molecule has 1 aliphatic rings. The van der Waals surface area contributed by atoms with Crippen LogP contribution in [0.3, 0.4) is 0 Å². The molecule has 0 aromatic heterocycles. The molecule has 1 aliphatic heterocycles. The van der Waals surface area contributed by atoms with Gasteiger partial charge in [-0.15, -0.1) is 0 Å². The Labute approximate surface area is 107 Å². The van der Waals surface area contributed by atoms with Gasteiger partial charge in [-0.25, -0.2) is 0 Å². The minimum atomic E-state index is 0.659. The molecule has 0 atom stereocenters. The highest BCUT2D eigenvalue weighted by molar-refractivity contribution is 4.74. The second-order valence-corrected chi connectivity index (χ2v) is 5.33. The highest BCUT2D eigenvalue weighted by Gasteiger charge is 2.18. The van der Waals surface area contributed by atoms with Gasteiger partial charge in [0.25, 0.3) is 0 Å². The Kier molecular flexibility index (Phi) is 7.82. The van der Waals surface area contributed by atoms with E-state index >= 15 is 0 Å². The van der Waals surface area contributed by atoms with Gasteiger partial charge in [0.2, 0.25) is 0 Å². The van der Waals surface area contributed by atoms with Crippen LogP contribution < -0.4 is 5.32 Å². The normalized spacial score (nSPS) is 18.2. The summed E-state index contributed by atoms with van der Waals surface area (Å²) in [7, 11) is 0. The molecule has 0 radical (unpaired) electrons. The van der Waals surface area contributed by atoms with Gasteiger partial charge in [0, 0.05) is 32.3 Å². The summed E-state index contributed by atoms with van der Waals surface area (Å²) >= 11 is 0. The van der Waals surface area contributed by atoms with Crippen LogP contribution in [0.25, 0.3) is 0 Å². The summed E-state index contributed by atoms with van der Waals surface area (Å²) in [5.41, 5.74) is 0. The van der Waals surface area contributed by atoms with E-state index in [0.717, 1.165) is 25.6 Å². The minimum Gasteiger partial charge on any atom is -0.382 e. The molecule has 102 valence electrons. The standard InChI is InChI=1S/C14H30N2O/c1-4-17-11-5-10-16(13(2)3)12-14-6-8-15-9-7-14/h13-15H,4-12H2,1-3H3. The molecule has 0 spiro atoms. The van der Waals surface area contributed by atoms with E-state index in [1.54, 1.807) is 0 Å². The van der Waals surface area contributed by atoms with E-state index in [4.69, 9.17) is 4.74 Å². The summed E-state index contributed by atoms with van der Waals surface area (Å²) < 4.78 is 5.42. The maximum absolute atomic E-state index is 5.42. The van der Waals surface area contributed by atoms with Gasteiger partial charge in [0.1, 0.15) is 0 Å². The van der Waals surface area contributed by atoms with Crippen LogP contribution in [0, 0.1) is 5.92 Å². The predicted octanol–water partition coefficient (Wildman–Crippen LogP) is 2.12. The third-order valence-corrected chi connectivity index (χ3v) is 3.62. The molecule has 1 N–H and O–H groups in total. The monoisotopic (exact) mass is 242 g/mol. The van der Waals surface area contributed by atoms with Crippen LogP contribution in [0.15, 0.2) is 0 Å². The summed E-state index contributed by atoms with van der Waals surface area (Å²) in [4.78, 5) is 2.62. The largest absolute Gasteiger partial charge is 0.382 e. The van der Waals surface area contributed by atoms with Gasteiger partial charge < -0.3 is 15.0 Å². The van der Waals surface area contributed by atoms with Gasteiger partial charge in [0.05, 0.1) is 0 Å². The first-order valence-corrected chi connectivity index (χ1v) is 7.26. The lowest BCUT2D eigenvalue weighted by molar-refractivity contribution is 0.115. The summed E-state index contributed by atoms with van der Waals surface area (Å²) in [6.45, 7) is 13.3. The van der Waals surface area contributed by atoms with E-state index in [1.165, 1.54) is 39.0 Å². The Morgan fingerprint density at radius 2 is 2.00 bits per heavy atom. The zero-order chi connectivity index (χ0) is 12.5. The lowest BCUT2D eigenvalue weighted by atomic mass is 9.97. The van der Waals surface area contributed by atoms with Crippen molar-refractivity contribution in [2.24, 2.45) is 5.92 Å². The number of piperidine rings is 1. The van der Waals surface area contributed by atoms with Crippen molar-refractivity contribution in [3.8, 4) is 0 Å². The maximum Gasteiger partial charge on any atom is 0.0478 e. The SMILES string of the molecule is CCOCCCN(CC1CCNCC1)C(C)C. The Hall–Kier alpha value is -0.120. The molecule has 0 saturated carbocycles. The molecular formula is C14H30N2O. The number of hydrogen-bond acceptors (Lipinski definition) is 3. The molecule has 1 fully saturated rings. The van der Waals surface area contributed by atoms with Crippen LogP contribution in [0.2, 0.25) is 0 Å². The zero-order valence-electron chi connectivity index (χ0n) is 11.9. The first-order valence-electron chi connectivity index (χ1n) is 7.26. The molecule has 0 aliphatic carbocycles. The third kappa shape index (κ3) is 6.39. The van der Waals surface area contributed by atoms with Crippen LogP contribution in [0.4, 0.5) is 0 Å². The number of nitrogens with zero attached hydrogens (tertiary/aromatic N) is 1. The number of rotatable bonds is 8. The van der Waals surface area contributed by atoms with Crippen molar-refractivity contribution in [1.82, 2.24) is 10.2 Å². The molecule has 0 aromatic rings. The van der Waals surface area contributed by atoms with Crippen molar-refractivity contribution in [1.29, 1.82) is 0 Å². The van der Waals surface area contributed by atoms with Crippen molar-refractivity contribution < 1.29 is 4.74 Å². The summed E-state index contributed by atoms with van der Waals surface area (Å²) in [6.07, 6.45) is 3.85. The van der Waals surface area contributed by atoms with Gasteiger partial charge >= 0.3 is 0 Å². The van der Waals surface area contributed by atoms with Crippen molar-refractivity contribution in [2.75, 3.05) is 39.4 Å². The Morgan fingerprint density at radius 3 is 2.59 bits per heavy atom. The fraction of sp³-hybridized carbons (Fsp3) is 1.00. The van der Waals surface area contributed by atoms with Crippen LogP contribution >= 0.6 is 0 Å². The quantitative estimate of drug-likeness (QED) is 0.660. The fourth-order valence-corrected chi connectivity index (χ4v) is 2.47. The van der Waals surface area contributed by atoms with Gasteiger partial charge in [-0.3, -0.25) is 0 Å². The average molecular weight is 242 g/mol. The highest BCUT2D eigenvalue weighted by atomic mass is 16.5. The van der Waals surface area contributed by atoms with Crippen LogP contribution in [-0.2, 0) is 4.74 Å². The smallest absolute Gasteiger partial charge is 0.0478 e.